The second kappa shape index (κ2) is 8.26. The number of amides is 2. The van der Waals surface area contributed by atoms with Crippen molar-refractivity contribution in [3.8, 4) is 16.3 Å². The third-order valence-electron chi connectivity index (χ3n) is 4.64. The molecule has 0 saturated carbocycles. The van der Waals surface area contributed by atoms with Crippen molar-refractivity contribution in [2.75, 3.05) is 43.5 Å². The van der Waals surface area contributed by atoms with Gasteiger partial charge >= 0.3 is 6.03 Å². The number of ether oxygens (including phenoxy) is 1. The predicted octanol–water partition coefficient (Wildman–Crippen LogP) is 3.57. The number of aromatic nitrogens is 2. The Morgan fingerprint density at radius 3 is 2.61 bits per heavy atom. The second-order valence-electron chi connectivity index (χ2n) is 6.39. The van der Waals surface area contributed by atoms with Gasteiger partial charge in [-0.15, -0.1) is 21.5 Å². The van der Waals surface area contributed by atoms with Crippen molar-refractivity contribution in [1.82, 2.24) is 15.1 Å². The lowest BCUT2D eigenvalue weighted by molar-refractivity contribution is 0.208. The Morgan fingerprint density at radius 1 is 1.07 bits per heavy atom. The summed E-state index contributed by atoms with van der Waals surface area (Å²) in [6.07, 6.45) is 0. The van der Waals surface area contributed by atoms with Crippen molar-refractivity contribution >= 4 is 28.9 Å². The number of carbonyl (C=O) groups excluding carboxylic acids is 1. The molecule has 2 aromatic heterocycles. The summed E-state index contributed by atoms with van der Waals surface area (Å²) in [6.45, 7) is 2.70. The first-order valence-corrected chi connectivity index (χ1v) is 9.93. The van der Waals surface area contributed by atoms with E-state index in [-0.39, 0.29) is 6.03 Å². The number of nitrogens with one attached hydrogen (secondary N) is 1. The molecular formula is C20H21N5O2S. The Labute approximate surface area is 167 Å². The molecule has 3 aromatic rings. The summed E-state index contributed by atoms with van der Waals surface area (Å²) in [7, 11) is 1.61. The fraction of sp³-hybridized carbons (Fsp3) is 0.250. The molecule has 1 aliphatic heterocycles. The molecule has 1 aromatic carbocycles. The standard InChI is InChI=1S/C20H21N5O2S/c1-27-16-5-2-4-15(14-16)21-20(26)25-11-9-24(10-12-25)19-8-7-17(22-23-19)18-6-3-13-28-18/h2-8,13-14H,9-12H2,1H3,(H,21,26). The van der Waals surface area contributed by atoms with Gasteiger partial charge in [-0.3, -0.25) is 0 Å². The second-order valence-corrected chi connectivity index (χ2v) is 7.34. The summed E-state index contributed by atoms with van der Waals surface area (Å²) in [4.78, 5) is 17.6. The molecule has 1 aliphatic rings. The van der Waals surface area contributed by atoms with Crippen molar-refractivity contribution in [2.24, 2.45) is 0 Å². The van der Waals surface area contributed by atoms with E-state index in [0.29, 0.717) is 18.8 Å². The molecule has 0 unspecified atom stereocenters. The lowest BCUT2D eigenvalue weighted by Crippen LogP contribution is -2.50. The Morgan fingerprint density at radius 2 is 1.93 bits per heavy atom. The minimum absolute atomic E-state index is 0.105. The zero-order valence-corrected chi connectivity index (χ0v) is 16.4. The van der Waals surface area contributed by atoms with E-state index < -0.39 is 0 Å². The number of anilines is 2. The molecule has 2 amide bonds. The minimum Gasteiger partial charge on any atom is -0.497 e. The Bertz CT molecular complexity index is 922. The van der Waals surface area contributed by atoms with Gasteiger partial charge in [-0.25, -0.2) is 4.79 Å². The molecule has 3 heterocycles. The van der Waals surface area contributed by atoms with Gasteiger partial charge in [0, 0.05) is 37.9 Å². The van der Waals surface area contributed by atoms with Gasteiger partial charge in [0.1, 0.15) is 11.4 Å². The van der Waals surface area contributed by atoms with Crippen molar-refractivity contribution in [2.45, 2.75) is 0 Å². The summed E-state index contributed by atoms with van der Waals surface area (Å²) >= 11 is 1.65. The molecule has 1 saturated heterocycles. The number of thiophene rings is 1. The number of hydrogen-bond acceptors (Lipinski definition) is 6. The molecule has 144 valence electrons. The van der Waals surface area contributed by atoms with E-state index in [1.165, 1.54) is 0 Å². The predicted molar refractivity (Wildman–Crippen MR) is 111 cm³/mol. The maximum atomic E-state index is 12.5. The van der Waals surface area contributed by atoms with Crippen LogP contribution in [0.25, 0.3) is 10.6 Å². The summed E-state index contributed by atoms with van der Waals surface area (Å²) in [6, 6.07) is 15.3. The van der Waals surface area contributed by atoms with Crippen LogP contribution < -0.4 is 15.0 Å². The van der Waals surface area contributed by atoms with Crippen LogP contribution in [0.3, 0.4) is 0 Å². The highest BCUT2D eigenvalue weighted by atomic mass is 32.1. The Kier molecular flexibility index (Phi) is 5.38. The maximum Gasteiger partial charge on any atom is 0.321 e. The van der Waals surface area contributed by atoms with Gasteiger partial charge in [-0.05, 0) is 35.7 Å². The number of piperazine rings is 1. The molecule has 7 nitrogen and oxygen atoms in total. The minimum atomic E-state index is -0.105. The average Bonchev–Trinajstić information content (AvgIpc) is 3.29. The Balaban J connectivity index is 1.33. The third kappa shape index (κ3) is 4.07. The van der Waals surface area contributed by atoms with E-state index in [1.54, 1.807) is 24.5 Å². The largest absolute Gasteiger partial charge is 0.497 e. The SMILES string of the molecule is COc1cccc(NC(=O)N2CCN(c3ccc(-c4cccs4)nn3)CC2)c1. The molecule has 1 N–H and O–H groups in total. The highest BCUT2D eigenvalue weighted by Gasteiger charge is 2.22. The number of benzene rings is 1. The highest BCUT2D eigenvalue weighted by Crippen LogP contribution is 2.23. The van der Waals surface area contributed by atoms with E-state index in [4.69, 9.17) is 4.74 Å². The number of methoxy groups -OCH3 is 1. The lowest BCUT2D eigenvalue weighted by Gasteiger charge is -2.35. The van der Waals surface area contributed by atoms with Crippen LogP contribution in [0.2, 0.25) is 0 Å². The van der Waals surface area contributed by atoms with Crippen molar-refractivity contribution in [3.05, 3.63) is 53.9 Å². The molecule has 8 heteroatoms. The van der Waals surface area contributed by atoms with Gasteiger partial charge in [-0.2, -0.15) is 0 Å². The molecule has 28 heavy (non-hydrogen) atoms. The van der Waals surface area contributed by atoms with E-state index in [0.717, 1.165) is 35.2 Å². The van der Waals surface area contributed by atoms with Gasteiger partial charge in [-0.1, -0.05) is 12.1 Å². The number of carbonyl (C=O) groups is 1. The van der Waals surface area contributed by atoms with Crippen molar-refractivity contribution < 1.29 is 9.53 Å². The number of nitrogens with zero attached hydrogens (tertiary/aromatic N) is 4. The first kappa shape index (κ1) is 18.2. The molecule has 0 atom stereocenters. The fourth-order valence-corrected chi connectivity index (χ4v) is 3.78. The van der Waals surface area contributed by atoms with Crippen LogP contribution in [-0.4, -0.2) is 54.4 Å². The van der Waals surface area contributed by atoms with Crippen LogP contribution in [0.1, 0.15) is 0 Å². The Hall–Kier alpha value is -3.13. The summed E-state index contributed by atoms with van der Waals surface area (Å²) < 4.78 is 5.19. The van der Waals surface area contributed by atoms with Crippen LogP contribution in [0, 0.1) is 0 Å². The molecule has 1 fully saturated rings. The maximum absolute atomic E-state index is 12.5. The van der Waals surface area contributed by atoms with E-state index in [2.05, 4.69) is 20.4 Å². The van der Waals surface area contributed by atoms with Crippen molar-refractivity contribution in [3.63, 3.8) is 0 Å². The summed E-state index contributed by atoms with van der Waals surface area (Å²) in [5.74, 6) is 1.56. The molecule has 0 aliphatic carbocycles. The molecule has 4 rings (SSSR count). The van der Waals surface area contributed by atoms with E-state index in [1.807, 2.05) is 52.7 Å². The number of urea groups is 1. The highest BCUT2D eigenvalue weighted by molar-refractivity contribution is 7.13. The van der Waals surface area contributed by atoms with Crippen LogP contribution >= 0.6 is 11.3 Å². The van der Waals surface area contributed by atoms with Gasteiger partial charge in [0.05, 0.1) is 12.0 Å². The molecule has 0 spiro atoms. The normalized spacial score (nSPS) is 14.0. The molecule has 0 radical (unpaired) electrons. The monoisotopic (exact) mass is 395 g/mol. The molecule has 0 bridgehead atoms. The number of hydrogen-bond donors (Lipinski definition) is 1. The molecular weight excluding hydrogens is 374 g/mol. The van der Waals surface area contributed by atoms with Gasteiger partial charge in [0.25, 0.3) is 0 Å². The zero-order chi connectivity index (χ0) is 19.3. The average molecular weight is 395 g/mol. The van der Waals surface area contributed by atoms with E-state index >= 15 is 0 Å². The first-order chi connectivity index (χ1) is 13.7. The quantitative estimate of drug-likeness (QED) is 0.731. The van der Waals surface area contributed by atoms with Crippen LogP contribution in [0.5, 0.6) is 5.75 Å². The third-order valence-corrected chi connectivity index (χ3v) is 5.53. The topological polar surface area (TPSA) is 70.6 Å². The fourth-order valence-electron chi connectivity index (χ4n) is 3.09. The van der Waals surface area contributed by atoms with Gasteiger partial charge < -0.3 is 19.9 Å². The van der Waals surface area contributed by atoms with Crippen molar-refractivity contribution in [1.29, 1.82) is 0 Å². The van der Waals surface area contributed by atoms with E-state index in [9.17, 15) is 4.79 Å². The lowest BCUT2D eigenvalue weighted by atomic mass is 10.3. The van der Waals surface area contributed by atoms with Crippen LogP contribution in [0.15, 0.2) is 53.9 Å². The van der Waals surface area contributed by atoms with Crippen LogP contribution in [0.4, 0.5) is 16.3 Å². The zero-order valence-electron chi connectivity index (χ0n) is 15.5. The summed E-state index contributed by atoms with van der Waals surface area (Å²) in [5, 5.41) is 13.7. The first-order valence-electron chi connectivity index (χ1n) is 9.05. The smallest absolute Gasteiger partial charge is 0.321 e. The number of rotatable bonds is 4. The van der Waals surface area contributed by atoms with Crippen LogP contribution in [-0.2, 0) is 0 Å². The van der Waals surface area contributed by atoms with Gasteiger partial charge in [0.2, 0.25) is 0 Å². The van der Waals surface area contributed by atoms with Gasteiger partial charge in [0.15, 0.2) is 5.82 Å². The summed E-state index contributed by atoms with van der Waals surface area (Å²) in [5.41, 5.74) is 1.61.